The third-order valence-corrected chi connectivity index (χ3v) is 4.38. The van der Waals surface area contributed by atoms with Crippen LogP contribution in [-0.4, -0.2) is 38.3 Å². The van der Waals surface area contributed by atoms with Crippen molar-refractivity contribution in [3.05, 3.63) is 30.1 Å². The van der Waals surface area contributed by atoms with Crippen LogP contribution in [0.1, 0.15) is 51.3 Å². The molecule has 0 spiro atoms. The van der Waals surface area contributed by atoms with Gasteiger partial charge in [-0.1, -0.05) is 18.6 Å². The molecule has 0 bridgehead atoms. The summed E-state index contributed by atoms with van der Waals surface area (Å²) in [4.78, 5) is 22.4. The van der Waals surface area contributed by atoms with Crippen molar-refractivity contribution in [2.24, 2.45) is 0 Å². The first kappa shape index (κ1) is 17.9. The van der Waals surface area contributed by atoms with Gasteiger partial charge < -0.3 is 10.6 Å². The van der Waals surface area contributed by atoms with Crippen LogP contribution in [0, 0.1) is 0 Å². The molecule has 2 aromatic rings. The van der Waals surface area contributed by atoms with Gasteiger partial charge in [-0.2, -0.15) is 0 Å². The van der Waals surface area contributed by atoms with Crippen LogP contribution in [-0.2, 0) is 9.59 Å². The van der Waals surface area contributed by atoms with Gasteiger partial charge in [0.25, 0.3) is 0 Å². The molecular weight excluding hydrogens is 332 g/mol. The summed E-state index contributed by atoms with van der Waals surface area (Å²) in [6.07, 6.45) is 3.77. The second kappa shape index (κ2) is 7.99. The van der Waals surface area contributed by atoms with E-state index in [1.165, 1.54) is 13.8 Å². The average Bonchev–Trinajstić information content (AvgIpc) is 2.61. The fraction of sp³-hybridized carbons (Fsp3) is 0.444. The number of carbonyl (C=O) groups is 2. The molecule has 8 nitrogen and oxygen atoms in total. The summed E-state index contributed by atoms with van der Waals surface area (Å²) in [5.74, 6) is 1.03. The zero-order valence-corrected chi connectivity index (χ0v) is 14.9. The number of amides is 2. The molecule has 2 N–H and O–H groups in total. The molecule has 2 amide bonds. The van der Waals surface area contributed by atoms with Crippen molar-refractivity contribution in [3.63, 3.8) is 0 Å². The van der Waals surface area contributed by atoms with Gasteiger partial charge in [-0.05, 0) is 31.4 Å². The summed E-state index contributed by atoms with van der Waals surface area (Å²) in [5, 5.41) is 22.6. The van der Waals surface area contributed by atoms with E-state index in [0.29, 0.717) is 17.3 Å². The second-order valence-electron chi connectivity index (χ2n) is 6.60. The highest BCUT2D eigenvalue weighted by molar-refractivity contribution is 5.89. The fourth-order valence-electron chi connectivity index (χ4n) is 3.30. The predicted molar refractivity (Wildman–Crippen MR) is 96.2 cm³/mol. The molecule has 1 aromatic carbocycles. The smallest absolute Gasteiger partial charge is 0.221 e. The Kier molecular flexibility index (Phi) is 5.50. The number of hydrogen-bond donors (Lipinski definition) is 2. The van der Waals surface area contributed by atoms with E-state index in [1.807, 2.05) is 12.1 Å². The molecule has 1 fully saturated rings. The van der Waals surface area contributed by atoms with E-state index in [0.717, 1.165) is 31.2 Å². The quantitative estimate of drug-likeness (QED) is 0.869. The summed E-state index contributed by atoms with van der Waals surface area (Å²) < 4.78 is 0. The Bertz CT molecular complexity index is 793. The highest BCUT2D eigenvalue weighted by Gasteiger charge is 2.26. The zero-order chi connectivity index (χ0) is 18.5. The standard InChI is InChI=1S/C18H22N6O2/c1-11(25)19-15-7-3-5-13(9-15)17-21-23-18(24-22-17)14-6-4-8-16(10-14)20-12(2)26/h3,5,7,9,14,16H,4,6,8,10H2,1-2H3,(H,19,25)(H,20,26)/t14-,16+/m1/s1. The molecule has 8 heteroatoms. The summed E-state index contributed by atoms with van der Waals surface area (Å²) in [5.41, 5.74) is 1.41. The number of carbonyl (C=O) groups excluding carboxylic acids is 2. The molecule has 1 saturated carbocycles. The average molecular weight is 354 g/mol. The van der Waals surface area contributed by atoms with Crippen LogP contribution in [0.5, 0.6) is 0 Å². The second-order valence-corrected chi connectivity index (χ2v) is 6.60. The van der Waals surface area contributed by atoms with Gasteiger partial charge in [-0.3, -0.25) is 9.59 Å². The van der Waals surface area contributed by atoms with Crippen molar-refractivity contribution in [1.29, 1.82) is 0 Å². The molecule has 1 heterocycles. The topological polar surface area (TPSA) is 110 Å². The van der Waals surface area contributed by atoms with Crippen molar-refractivity contribution in [3.8, 4) is 11.4 Å². The van der Waals surface area contributed by atoms with Gasteiger partial charge >= 0.3 is 0 Å². The molecule has 0 aliphatic heterocycles. The largest absolute Gasteiger partial charge is 0.354 e. The molecule has 2 atom stereocenters. The maximum Gasteiger partial charge on any atom is 0.221 e. The third kappa shape index (κ3) is 4.59. The Balaban J connectivity index is 1.72. The molecule has 3 rings (SSSR count). The predicted octanol–water partition coefficient (Wildman–Crippen LogP) is 2.05. The van der Waals surface area contributed by atoms with E-state index < -0.39 is 0 Å². The first-order valence-electron chi connectivity index (χ1n) is 8.73. The number of nitrogens with zero attached hydrogens (tertiary/aromatic N) is 4. The maximum absolute atomic E-state index is 11.3. The first-order chi connectivity index (χ1) is 12.5. The summed E-state index contributed by atoms with van der Waals surface area (Å²) in [6.45, 7) is 2.99. The number of rotatable bonds is 4. The highest BCUT2D eigenvalue weighted by atomic mass is 16.2. The lowest BCUT2D eigenvalue weighted by atomic mass is 9.85. The first-order valence-corrected chi connectivity index (χ1v) is 8.73. The minimum Gasteiger partial charge on any atom is -0.354 e. The molecule has 1 aliphatic carbocycles. The van der Waals surface area contributed by atoms with Gasteiger partial charge in [0.1, 0.15) is 0 Å². The Morgan fingerprint density at radius 2 is 1.81 bits per heavy atom. The van der Waals surface area contributed by atoms with Crippen LogP contribution >= 0.6 is 0 Å². The van der Waals surface area contributed by atoms with Gasteiger partial charge in [0.2, 0.25) is 17.6 Å². The van der Waals surface area contributed by atoms with Crippen LogP contribution < -0.4 is 10.6 Å². The van der Waals surface area contributed by atoms with Gasteiger partial charge in [0.05, 0.1) is 0 Å². The molecule has 26 heavy (non-hydrogen) atoms. The van der Waals surface area contributed by atoms with Gasteiger partial charge in [-0.15, -0.1) is 20.4 Å². The number of anilines is 1. The number of hydrogen-bond acceptors (Lipinski definition) is 6. The van der Waals surface area contributed by atoms with Crippen molar-refractivity contribution < 1.29 is 9.59 Å². The monoisotopic (exact) mass is 354 g/mol. The SMILES string of the molecule is CC(=O)Nc1cccc(-c2nnc([C@@H]3CCC[C@H](NC(C)=O)C3)nn2)c1. The number of benzene rings is 1. The summed E-state index contributed by atoms with van der Waals surface area (Å²) in [6, 6.07) is 7.40. The van der Waals surface area contributed by atoms with Crippen molar-refractivity contribution >= 4 is 17.5 Å². The minimum atomic E-state index is -0.138. The molecule has 136 valence electrons. The van der Waals surface area contributed by atoms with Crippen molar-refractivity contribution in [2.45, 2.75) is 51.5 Å². The molecule has 0 unspecified atom stereocenters. The summed E-state index contributed by atoms with van der Waals surface area (Å²) in [7, 11) is 0. The van der Waals surface area contributed by atoms with Crippen LogP contribution in [0.15, 0.2) is 24.3 Å². The lowest BCUT2D eigenvalue weighted by Gasteiger charge is -2.28. The van der Waals surface area contributed by atoms with E-state index in [2.05, 4.69) is 31.0 Å². The van der Waals surface area contributed by atoms with Gasteiger partial charge in [0, 0.05) is 37.1 Å². The van der Waals surface area contributed by atoms with E-state index >= 15 is 0 Å². The Labute approximate surface area is 151 Å². The summed E-state index contributed by atoms with van der Waals surface area (Å²) >= 11 is 0. The molecule has 1 aromatic heterocycles. The van der Waals surface area contributed by atoms with E-state index in [4.69, 9.17) is 0 Å². The van der Waals surface area contributed by atoms with Gasteiger partial charge in [-0.25, -0.2) is 0 Å². The number of nitrogens with one attached hydrogen (secondary N) is 2. The Hall–Kier alpha value is -2.90. The van der Waals surface area contributed by atoms with Crippen LogP contribution in [0.4, 0.5) is 5.69 Å². The van der Waals surface area contributed by atoms with Crippen LogP contribution in [0.2, 0.25) is 0 Å². The van der Waals surface area contributed by atoms with E-state index in [9.17, 15) is 9.59 Å². The molecule has 0 radical (unpaired) electrons. The Morgan fingerprint density at radius 3 is 2.50 bits per heavy atom. The van der Waals surface area contributed by atoms with E-state index in [1.54, 1.807) is 12.1 Å². The van der Waals surface area contributed by atoms with Gasteiger partial charge in [0.15, 0.2) is 5.82 Å². The minimum absolute atomic E-state index is 0.0118. The maximum atomic E-state index is 11.3. The third-order valence-electron chi connectivity index (χ3n) is 4.38. The number of aromatic nitrogens is 4. The fourth-order valence-corrected chi connectivity index (χ4v) is 3.30. The van der Waals surface area contributed by atoms with Crippen LogP contribution in [0.3, 0.4) is 0 Å². The Morgan fingerprint density at radius 1 is 1.04 bits per heavy atom. The molecule has 1 aliphatic rings. The highest BCUT2D eigenvalue weighted by Crippen LogP contribution is 2.30. The molecule has 0 saturated heterocycles. The van der Waals surface area contributed by atoms with Crippen LogP contribution in [0.25, 0.3) is 11.4 Å². The molecular formula is C18H22N6O2. The van der Waals surface area contributed by atoms with Crippen molar-refractivity contribution in [1.82, 2.24) is 25.7 Å². The van der Waals surface area contributed by atoms with E-state index in [-0.39, 0.29) is 23.8 Å². The lowest BCUT2D eigenvalue weighted by molar-refractivity contribution is -0.120. The van der Waals surface area contributed by atoms with Crippen molar-refractivity contribution in [2.75, 3.05) is 5.32 Å². The zero-order valence-electron chi connectivity index (χ0n) is 14.9. The normalized spacial score (nSPS) is 19.6. The lowest BCUT2D eigenvalue weighted by Crippen LogP contribution is -2.36.